The lowest BCUT2D eigenvalue weighted by atomic mass is 9.96. The number of carbonyl (C=O) groups excluding carboxylic acids is 3. The van der Waals surface area contributed by atoms with Gasteiger partial charge in [0.1, 0.15) is 0 Å². The maximum Gasteiger partial charge on any atom is 0.290 e. The molecule has 1 atom stereocenters. The first-order chi connectivity index (χ1) is 17.0. The van der Waals surface area contributed by atoms with Gasteiger partial charge in [0, 0.05) is 12.5 Å². The number of benzene rings is 3. The Kier molecular flexibility index (Phi) is 6.00. The molecule has 0 bridgehead atoms. The number of hydrogen-bond acceptors (Lipinski definition) is 7. The largest absolute Gasteiger partial charge is 0.493 e. The summed E-state index contributed by atoms with van der Waals surface area (Å²) in [4.78, 5) is 36.9. The first kappa shape index (κ1) is 22.7. The minimum absolute atomic E-state index is 0.0421. The molecular formula is C26H21N3O5S. The Labute approximate surface area is 205 Å². The van der Waals surface area contributed by atoms with Crippen LogP contribution in [0.1, 0.15) is 23.6 Å². The van der Waals surface area contributed by atoms with Gasteiger partial charge in [-0.1, -0.05) is 42.5 Å². The van der Waals surface area contributed by atoms with Gasteiger partial charge in [0.05, 0.1) is 30.9 Å². The van der Waals surface area contributed by atoms with Gasteiger partial charge in [-0.15, -0.1) is 0 Å². The summed E-state index contributed by atoms with van der Waals surface area (Å²) in [6.45, 7) is 0. The molecule has 3 amide bonds. The number of amides is 3. The van der Waals surface area contributed by atoms with Crippen LogP contribution in [-0.2, 0) is 9.59 Å². The van der Waals surface area contributed by atoms with E-state index in [9.17, 15) is 14.4 Å². The van der Waals surface area contributed by atoms with E-state index in [-0.39, 0.29) is 4.91 Å². The summed E-state index contributed by atoms with van der Waals surface area (Å²) in [7, 11) is 3.11. The Balaban J connectivity index is 1.54. The maximum atomic E-state index is 13.3. The van der Waals surface area contributed by atoms with Crippen molar-refractivity contribution in [2.24, 2.45) is 5.10 Å². The Hall–Kier alpha value is -4.11. The van der Waals surface area contributed by atoms with E-state index in [0.717, 1.165) is 33.7 Å². The molecule has 1 N–H and O–H groups in total. The quantitative estimate of drug-likeness (QED) is 0.536. The third kappa shape index (κ3) is 4.38. The molecule has 2 aliphatic heterocycles. The van der Waals surface area contributed by atoms with Gasteiger partial charge in [-0.2, -0.15) is 5.10 Å². The molecule has 35 heavy (non-hydrogen) atoms. The molecule has 0 radical (unpaired) electrons. The summed E-state index contributed by atoms with van der Waals surface area (Å²) in [6.07, 6.45) is 1.62. The molecule has 1 fully saturated rings. The van der Waals surface area contributed by atoms with E-state index < -0.39 is 23.1 Å². The Morgan fingerprint density at radius 3 is 2.51 bits per heavy atom. The average Bonchev–Trinajstić information content (AvgIpc) is 3.46. The highest BCUT2D eigenvalue weighted by Gasteiger charge is 2.35. The van der Waals surface area contributed by atoms with Crippen molar-refractivity contribution < 1.29 is 23.9 Å². The fourth-order valence-corrected chi connectivity index (χ4v) is 4.82. The average molecular weight is 488 g/mol. The monoisotopic (exact) mass is 487 g/mol. The number of nitrogens with one attached hydrogen (secondary N) is 1. The number of carbonyl (C=O) groups is 3. The zero-order valence-electron chi connectivity index (χ0n) is 19.0. The standard InChI is InChI=1S/C26H21N3O5S/c1-33-21-10-9-18(12-22(21)34-2)20-13-19(17-8-7-15-5-3-4-6-16(15)11-17)28-29(20)24(30)14-23-25(31)27-26(32)35-23/h3-12,14,20H,13H2,1-2H3,(H,27,31,32)/b23-14-. The zero-order valence-corrected chi connectivity index (χ0v) is 19.8. The summed E-state index contributed by atoms with van der Waals surface area (Å²) in [5, 5.41) is 9.86. The highest BCUT2D eigenvalue weighted by molar-refractivity contribution is 8.18. The second kappa shape index (κ2) is 9.27. The first-order valence-electron chi connectivity index (χ1n) is 10.8. The molecule has 8 nitrogen and oxygen atoms in total. The highest BCUT2D eigenvalue weighted by atomic mass is 32.2. The van der Waals surface area contributed by atoms with Gasteiger partial charge in [-0.25, -0.2) is 5.01 Å². The van der Waals surface area contributed by atoms with Crippen molar-refractivity contribution in [1.29, 1.82) is 0 Å². The third-order valence-corrected chi connectivity index (χ3v) is 6.72. The number of hydrogen-bond donors (Lipinski definition) is 1. The smallest absolute Gasteiger partial charge is 0.290 e. The third-order valence-electron chi connectivity index (χ3n) is 5.91. The van der Waals surface area contributed by atoms with Gasteiger partial charge < -0.3 is 9.47 Å². The summed E-state index contributed by atoms with van der Waals surface area (Å²) >= 11 is 0.696. The lowest BCUT2D eigenvalue weighted by molar-refractivity contribution is -0.128. The number of hydrazone groups is 1. The lowest BCUT2D eigenvalue weighted by Crippen LogP contribution is -2.26. The van der Waals surface area contributed by atoms with E-state index in [1.54, 1.807) is 20.3 Å². The van der Waals surface area contributed by atoms with Gasteiger partial charge in [0.25, 0.3) is 17.1 Å². The van der Waals surface area contributed by atoms with Crippen LogP contribution in [0, 0.1) is 0 Å². The Morgan fingerprint density at radius 2 is 1.80 bits per heavy atom. The van der Waals surface area contributed by atoms with Gasteiger partial charge in [0.2, 0.25) is 0 Å². The fraction of sp³-hybridized carbons (Fsp3) is 0.154. The van der Waals surface area contributed by atoms with Crippen LogP contribution in [0.4, 0.5) is 4.79 Å². The number of thioether (sulfide) groups is 1. The number of rotatable bonds is 5. The van der Waals surface area contributed by atoms with Crippen molar-refractivity contribution >= 4 is 45.3 Å². The molecule has 3 aromatic carbocycles. The number of fused-ring (bicyclic) bond motifs is 1. The predicted molar refractivity (Wildman–Crippen MR) is 133 cm³/mol. The number of ether oxygens (including phenoxy) is 2. The molecule has 1 unspecified atom stereocenters. The first-order valence-corrected chi connectivity index (χ1v) is 11.6. The number of imide groups is 1. The van der Waals surface area contributed by atoms with E-state index in [0.29, 0.717) is 29.7 Å². The fourth-order valence-electron chi connectivity index (χ4n) is 4.18. The van der Waals surface area contributed by atoms with Crippen LogP contribution < -0.4 is 14.8 Å². The molecule has 0 aromatic heterocycles. The van der Waals surface area contributed by atoms with E-state index in [1.165, 1.54) is 5.01 Å². The van der Waals surface area contributed by atoms with Gasteiger partial charge in [-0.3, -0.25) is 19.7 Å². The van der Waals surface area contributed by atoms with Crippen molar-refractivity contribution in [2.75, 3.05) is 14.2 Å². The number of nitrogens with zero attached hydrogens (tertiary/aromatic N) is 2. The molecule has 5 rings (SSSR count). The minimum atomic E-state index is -0.589. The van der Waals surface area contributed by atoms with Crippen LogP contribution in [0.3, 0.4) is 0 Å². The van der Waals surface area contributed by atoms with Crippen LogP contribution in [0.25, 0.3) is 10.8 Å². The topological polar surface area (TPSA) is 97.3 Å². The zero-order chi connectivity index (χ0) is 24.5. The van der Waals surface area contributed by atoms with Crippen molar-refractivity contribution in [1.82, 2.24) is 10.3 Å². The molecule has 3 aromatic rings. The van der Waals surface area contributed by atoms with E-state index in [4.69, 9.17) is 9.47 Å². The SMILES string of the molecule is COc1ccc(C2CC(c3ccc4ccccc4c3)=NN2C(=O)/C=C2\SC(=O)NC2=O)cc1OC. The van der Waals surface area contributed by atoms with Crippen LogP contribution in [-0.4, -0.2) is 42.0 Å². The summed E-state index contributed by atoms with van der Waals surface area (Å²) in [5.74, 6) is 0.0237. The second-order valence-corrected chi connectivity index (χ2v) is 8.99. The Bertz CT molecular complexity index is 1430. The van der Waals surface area contributed by atoms with Crippen LogP contribution in [0.15, 0.2) is 76.7 Å². The van der Waals surface area contributed by atoms with Crippen molar-refractivity contribution in [2.45, 2.75) is 12.5 Å². The van der Waals surface area contributed by atoms with Gasteiger partial charge >= 0.3 is 0 Å². The summed E-state index contributed by atoms with van der Waals surface area (Å²) in [6, 6.07) is 19.1. The Morgan fingerprint density at radius 1 is 1.03 bits per heavy atom. The maximum absolute atomic E-state index is 13.3. The van der Waals surface area contributed by atoms with E-state index in [2.05, 4.69) is 10.4 Å². The molecule has 9 heteroatoms. The lowest BCUT2D eigenvalue weighted by Gasteiger charge is -2.22. The molecule has 2 aliphatic rings. The van der Waals surface area contributed by atoms with Crippen LogP contribution in [0.5, 0.6) is 11.5 Å². The molecule has 1 saturated heterocycles. The summed E-state index contributed by atoms with van der Waals surface area (Å²) < 4.78 is 10.8. The highest BCUT2D eigenvalue weighted by Crippen LogP contribution is 2.38. The molecule has 2 heterocycles. The van der Waals surface area contributed by atoms with Crippen molar-refractivity contribution in [3.63, 3.8) is 0 Å². The molecule has 0 saturated carbocycles. The van der Waals surface area contributed by atoms with Crippen molar-refractivity contribution in [3.05, 3.63) is 82.8 Å². The van der Waals surface area contributed by atoms with E-state index >= 15 is 0 Å². The minimum Gasteiger partial charge on any atom is -0.493 e. The molecule has 0 spiro atoms. The van der Waals surface area contributed by atoms with E-state index in [1.807, 2.05) is 54.6 Å². The predicted octanol–water partition coefficient (Wildman–Crippen LogP) is 4.40. The molecule has 0 aliphatic carbocycles. The molecular weight excluding hydrogens is 466 g/mol. The van der Waals surface area contributed by atoms with Crippen molar-refractivity contribution in [3.8, 4) is 11.5 Å². The van der Waals surface area contributed by atoms with Crippen LogP contribution >= 0.6 is 11.8 Å². The van der Waals surface area contributed by atoms with Gasteiger partial charge in [-0.05, 0) is 51.9 Å². The normalized spacial score (nSPS) is 18.7. The number of methoxy groups -OCH3 is 2. The summed E-state index contributed by atoms with van der Waals surface area (Å²) in [5.41, 5.74) is 2.44. The second-order valence-electron chi connectivity index (χ2n) is 7.98. The molecule has 176 valence electrons. The van der Waals surface area contributed by atoms with Crippen LogP contribution in [0.2, 0.25) is 0 Å². The van der Waals surface area contributed by atoms with Gasteiger partial charge in [0.15, 0.2) is 11.5 Å².